The molecular formula is C17H25F3O4S2. The van der Waals surface area contributed by atoms with Crippen molar-refractivity contribution in [2.75, 3.05) is 6.61 Å². The zero-order valence-electron chi connectivity index (χ0n) is 14.9. The second kappa shape index (κ2) is 10.9. The summed E-state index contributed by atoms with van der Waals surface area (Å²) in [5.41, 5.74) is -3.56. The van der Waals surface area contributed by atoms with E-state index in [4.69, 9.17) is 0 Å². The number of carbonyl (C=O) groups excluding carboxylic acids is 1. The Labute approximate surface area is 159 Å². The summed E-state index contributed by atoms with van der Waals surface area (Å²) >= 11 is 0. The Kier molecular flexibility index (Phi) is 10.5. The molecule has 0 radical (unpaired) electrons. The van der Waals surface area contributed by atoms with Crippen LogP contribution >= 0.6 is 13.5 Å². The quantitative estimate of drug-likeness (QED) is 0.321. The van der Waals surface area contributed by atoms with Crippen molar-refractivity contribution in [3.05, 3.63) is 34.9 Å². The lowest BCUT2D eigenvalue weighted by Crippen LogP contribution is -2.28. The van der Waals surface area contributed by atoms with Gasteiger partial charge < -0.3 is 0 Å². The molecular weight excluding hydrogens is 389 g/mol. The highest BCUT2D eigenvalue weighted by Gasteiger charge is 2.47. The largest absolute Gasteiger partial charge is 0.523 e. The third-order valence-electron chi connectivity index (χ3n) is 3.78. The van der Waals surface area contributed by atoms with Gasteiger partial charge in [0.2, 0.25) is 0 Å². The number of rotatable bonds is 10. The monoisotopic (exact) mass is 414 g/mol. The fourth-order valence-corrected chi connectivity index (χ4v) is 2.82. The maximum atomic E-state index is 12.3. The fraction of sp³-hybridized carbons (Fsp3) is 0.588. The molecule has 1 aromatic rings. The molecule has 0 saturated carbocycles. The van der Waals surface area contributed by atoms with Gasteiger partial charge in [-0.05, 0) is 36.8 Å². The van der Waals surface area contributed by atoms with Gasteiger partial charge in [0.1, 0.15) is 6.61 Å². The van der Waals surface area contributed by atoms with Gasteiger partial charge in [-0.2, -0.15) is 35.1 Å². The Morgan fingerprint density at radius 1 is 1.08 bits per heavy atom. The molecule has 0 N–H and O–H groups in total. The molecule has 9 heteroatoms. The van der Waals surface area contributed by atoms with Crippen molar-refractivity contribution in [2.45, 2.75) is 57.9 Å². The Morgan fingerprint density at radius 2 is 1.65 bits per heavy atom. The van der Waals surface area contributed by atoms with Crippen LogP contribution in [0.5, 0.6) is 0 Å². The van der Waals surface area contributed by atoms with E-state index in [1.807, 2.05) is 19.9 Å². The van der Waals surface area contributed by atoms with E-state index in [0.29, 0.717) is 6.42 Å². The van der Waals surface area contributed by atoms with E-state index in [-0.39, 0.29) is 19.1 Å². The normalized spacial score (nSPS) is 11.9. The lowest BCUT2D eigenvalue weighted by Gasteiger charge is -2.14. The molecule has 0 heterocycles. The molecule has 0 spiro atoms. The van der Waals surface area contributed by atoms with Gasteiger partial charge in [-0.15, -0.1) is 0 Å². The van der Waals surface area contributed by atoms with Gasteiger partial charge in [-0.1, -0.05) is 44.9 Å². The van der Waals surface area contributed by atoms with E-state index in [9.17, 15) is 26.4 Å². The van der Waals surface area contributed by atoms with Gasteiger partial charge in [0.15, 0.2) is 5.78 Å². The molecule has 0 amide bonds. The summed E-state index contributed by atoms with van der Waals surface area (Å²) in [5, 5.41) is 0. The Bertz CT molecular complexity index is 686. The number of ketones is 1. The van der Waals surface area contributed by atoms with Gasteiger partial charge in [-0.25, -0.2) is 0 Å². The standard InChI is InChI=1S/C17H23F3O4S.H2S/c1-3-5-8-13-9-7-11-15(14(13)10-6-4-2)16(21)12-24-25(22,23)17(18,19)20;/h7,9,11H,3-6,8,10,12H2,1-2H3;1H2. The van der Waals surface area contributed by atoms with Crippen LogP contribution in [-0.4, -0.2) is 26.3 Å². The first kappa shape index (κ1) is 24.9. The number of hydrogen-bond donors (Lipinski definition) is 0. The van der Waals surface area contributed by atoms with E-state index in [1.54, 1.807) is 6.07 Å². The first-order chi connectivity index (χ1) is 11.6. The third kappa shape index (κ3) is 6.92. The smallest absolute Gasteiger partial charge is 0.291 e. The lowest BCUT2D eigenvalue weighted by atomic mass is 9.91. The molecule has 0 fully saturated rings. The molecule has 1 rings (SSSR count). The van der Waals surface area contributed by atoms with E-state index < -0.39 is 28.0 Å². The van der Waals surface area contributed by atoms with Crippen LogP contribution < -0.4 is 0 Å². The van der Waals surface area contributed by atoms with Gasteiger partial charge >= 0.3 is 15.6 Å². The number of unbranched alkanes of at least 4 members (excludes halogenated alkanes) is 2. The van der Waals surface area contributed by atoms with Crippen LogP contribution in [0.2, 0.25) is 0 Å². The average Bonchev–Trinajstić information content (AvgIpc) is 2.55. The van der Waals surface area contributed by atoms with Crippen LogP contribution in [0.3, 0.4) is 0 Å². The number of carbonyl (C=O) groups is 1. The van der Waals surface area contributed by atoms with Gasteiger partial charge in [0, 0.05) is 5.56 Å². The second-order valence-electron chi connectivity index (χ2n) is 5.74. The summed E-state index contributed by atoms with van der Waals surface area (Å²) in [4.78, 5) is 12.3. The minimum absolute atomic E-state index is 0. The average molecular weight is 415 g/mol. The van der Waals surface area contributed by atoms with Crippen LogP contribution in [0.15, 0.2) is 18.2 Å². The van der Waals surface area contributed by atoms with E-state index in [2.05, 4.69) is 4.18 Å². The zero-order valence-corrected chi connectivity index (χ0v) is 16.7. The van der Waals surface area contributed by atoms with Crippen LogP contribution in [0.4, 0.5) is 13.2 Å². The Balaban J connectivity index is 0.00000625. The summed E-state index contributed by atoms with van der Waals surface area (Å²) < 4.78 is 62.7. The first-order valence-electron chi connectivity index (χ1n) is 8.23. The minimum Gasteiger partial charge on any atom is -0.291 e. The molecule has 1 aromatic carbocycles. The van der Waals surface area contributed by atoms with Crippen LogP contribution in [0, 0.1) is 0 Å². The predicted octanol–water partition coefficient (Wildman–Crippen LogP) is 4.53. The van der Waals surface area contributed by atoms with Crippen molar-refractivity contribution in [2.24, 2.45) is 0 Å². The third-order valence-corrected chi connectivity index (χ3v) is 4.78. The minimum atomic E-state index is -5.78. The molecule has 0 unspecified atom stereocenters. The van der Waals surface area contributed by atoms with E-state index in [0.717, 1.165) is 43.2 Å². The number of alkyl halides is 3. The van der Waals surface area contributed by atoms with Crippen molar-refractivity contribution < 1.29 is 30.6 Å². The van der Waals surface area contributed by atoms with Crippen molar-refractivity contribution in [1.29, 1.82) is 0 Å². The topological polar surface area (TPSA) is 60.4 Å². The lowest BCUT2D eigenvalue weighted by molar-refractivity contribution is -0.0536. The number of benzene rings is 1. The summed E-state index contributed by atoms with van der Waals surface area (Å²) in [6.45, 7) is 2.88. The Hall–Kier alpha value is -1.06. The number of aryl methyl sites for hydroxylation is 1. The molecule has 0 saturated heterocycles. The number of hydrogen-bond acceptors (Lipinski definition) is 4. The van der Waals surface area contributed by atoms with E-state index in [1.165, 1.54) is 6.07 Å². The van der Waals surface area contributed by atoms with Crippen molar-refractivity contribution in [3.63, 3.8) is 0 Å². The second-order valence-corrected chi connectivity index (χ2v) is 7.34. The molecule has 4 nitrogen and oxygen atoms in total. The number of Topliss-reactive ketones (excluding diaryl/α,β-unsaturated/α-hetero) is 1. The highest BCUT2D eigenvalue weighted by molar-refractivity contribution is 7.87. The summed E-state index contributed by atoms with van der Waals surface area (Å²) in [6, 6.07) is 5.06. The fourth-order valence-electron chi connectivity index (χ4n) is 2.42. The SMILES string of the molecule is CCCCc1cccc(C(=O)COS(=O)(=O)C(F)(F)F)c1CCCC.S. The van der Waals surface area contributed by atoms with Crippen LogP contribution in [0.25, 0.3) is 0 Å². The molecule has 0 aliphatic rings. The maximum absolute atomic E-state index is 12.3. The summed E-state index contributed by atoms with van der Waals surface area (Å²) in [6.07, 6.45) is 5.00. The van der Waals surface area contributed by atoms with Gasteiger partial charge in [0.25, 0.3) is 0 Å². The molecule has 0 aliphatic carbocycles. The van der Waals surface area contributed by atoms with Crippen molar-refractivity contribution in [1.82, 2.24) is 0 Å². The van der Waals surface area contributed by atoms with E-state index >= 15 is 0 Å². The van der Waals surface area contributed by atoms with Crippen LogP contribution in [0.1, 0.15) is 61.0 Å². The Morgan fingerprint density at radius 3 is 2.19 bits per heavy atom. The van der Waals surface area contributed by atoms with Gasteiger partial charge in [0.05, 0.1) is 0 Å². The van der Waals surface area contributed by atoms with Crippen molar-refractivity contribution >= 4 is 29.4 Å². The molecule has 0 aromatic heterocycles. The molecule has 26 heavy (non-hydrogen) atoms. The predicted molar refractivity (Wildman–Crippen MR) is 99.3 cm³/mol. The summed E-state index contributed by atoms with van der Waals surface area (Å²) in [5.74, 6) is -0.766. The van der Waals surface area contributed by atoms with Gasteiger partial charge in [-0.3, -0.25) is 8.98 Å². The van der Waals surface area contributed by atoms with Crippen LogP contribution in [-0.2, 0) is 27.1 Å². The summed E-state index contributed by atoms with van der Waals surface area (Å²) in [7, 11) is -5.78. The molecule has 150 valence electrons. The maximum Gasteiger partial charge on any atom is 0.523 e. The highest BCUT2D eigenvalue weighted by Crippen LogP contribution is 2.25. The zero-order chi connectivity index (χ0) is 19.1. The molecule has 0 atom stereocenters. The first-order valence-corrected chi connectivity index (χ1v) is 9.64. The number of halogens is 3. The molecule has 0 bridgehead atoms. The van der Waals surface area contributed by atoms with Crippen molar-refractivity contribution in [3.8, 4) is 0 Å². The highest BCUT2D eigenvalue weighted by atomic mass is 32.2. The molecule has 0 aliphatic heterocycles.